The first-order valence-electron chi connectivity index (χ1n) is 8.89. The molecule has 0 fully saturated rings. The third-order valence-corrected chi connectivity index (χ3v) is 5.56. The standard InChI is InChI=1S/C21H25N3/c1-15-9-11-17-18(23(15)2)12-13-19-21(17)22-20(24(19)3)14-10-16-7-5-4-6-8-16/h4-8,12-13,15H,9-11,14H2,1-3H3. The minimum Gasteiger partial charge on any atom is -0.372 e. The van der Waals surface area contributed by atoms with Gasteiger partial charge in [-0.2, -0.15) is 0 Å². The first-order chi connectivity index (χ1) is 11.6. The van der Waals surface area contributed by atoms with Crippen LogP contribution in [-0.2, 0) is 26.3 Å². The third kappa shape index (κ3) is 2.48. The molecule has 1 aliphatic heterocycles. The quantitative estimate of drug-likeness (QED) is 0.724. The lowest BCUT2D eigenvalue weighted by atomic mass is 9.96. The molecule has 1 unspecified atom stereocenters. The molecule has 1 atom stereocenters. The molecule has 0 aliphatic carbocycles. The topological polar surface area (TPSA) is 21.1 Å². The summed E-state index contributed by atoms with van der Waals surface area (Å²) in [5.41, 5.74) is 6.63. The fraction of sp³-hybridized carbons (Fsp3) is 0.381. The van der Waals surface area contributed by atoms with Crippen molar-refractivity contribution in [2.24, 2.45) is 7.05 Å². The van der Waals surface area contributed by atoms with Crippen molar-refractivity contribution < 1.29 is 0 Å². The van der Waals surface area contributed by atoms with Gasteiger partial charge in [0.2, 0.25) is 0 Å². The van der Waals surface area contributed by atoms with Crippen LogP contribution >= 0.6 is 0 Å². The molecule has 0 saturated carbocycles. The second-order valence-electron chi connectivity index (χ2n) is 7.00. The average molecular weight is 319 g/mol. The van der Waals surface area contributed by atoms with Crippen molar-refractivity contribution in [2.45, 2.75) is 38.6 Å². The van der Waals surface area contributed by atoms with Gasteiger partial charge in [-0.1, -0.05) is 30.3 Å². The van der Waals surface area contributed by atoms with Gasteiger partial charge in [-0.15, -0.1) is 0 Å². The molecule has 2 heterocycles. The predicted octanol–water partition coefficient (Wildman–Crippen LogP) is 4.13. The zero-order chi connectivity index (χ0) is 16.7. The highest BCUT2D eigenvalue weighted by molar-refractivity contribution is 5.86. The van der Waals surface area contributed by atoms with E-state index in [0.717, 1.165) is 19.3 Å². The Morgan fingerprint density at radius 1 is 1.04 bits per heavy atom. The minimum atomic E-state index is 0.608. The maximum Gasteiger partial charge on any atom is 0.109 e. The van der Waals surface area contributed by atoms with Gasteiger partial charge in [0.15, 0.2) is 0 Å². The van der Waals surface area contributed by atoms with Crippen LogP contribution in [0.2, 0.25) is 0 Å². The molecule has 3 heteroatoms. The molecular weight excluding hydrogens is 294 g/mol. The van der Waals surface area contributed by atoms with Crippen LogP contribution in [0.15, 0.2) is 42.5 Å². The molecule has 2 aromatic carbocycles. The highest BCUT2D eigenvalue weighted by Crippen LogP contribution is 2.34. The second-order valence-corrected chi connectivity index (χ2v) is 7.00. The SMILES string of the molecule is CC1CCc2c(ccc3c2nc(CCc2ccccc2)n3C)N1C. The number of aromatic nitrogens is 2. The van der Waals surface area contributed by atoms with E-state index in [1.807, 2.05) is 0 Å². The smallest absolute Gasteiger partial charge is 0.109 e. The summed E-state index contributed by atoms with van der Waals surface area (Å²) in [6, 6.07) is 15.8. The van der Waals surface area contributed by atoms with Crippen LogP contribution in [-0.4, -0.2) is 22.6 Å². The van der Waals surface area contributed by atoms with Crippen molar-refractivity contribution in [2.75, 3.05) is 11.9 Å². The summed E-state index contributed by atoms with van der Waals surface area (Å²) in [7, 11) is 4.35. The Balaban J connectivity index is 1.70. The monoisotopic (exact) mass is 319 g/mol. The van der Waals surface area contributed by atoms with Crippen molar-refractivity contribution in [1.82, 2.24) is 9.55 Å². The fourth-order valence-electron chi connectivity index (χ4n) is 3.84. The molecule has 0 spiro atoms. The highest BCUT2D eigenvalue weighted by Gasteiger charge is 2.23. The van der Waals surface area contributed by atoms with Gasteiger partial charge in [-0.05, 0) is 43.9 Å². The molecule has 0 bridgehead atoms. The molecule has 0 amide bonds. The Kier molecular flexibility index (Phi) is 3.79. The number of benzene rings is 2. The van der Waals surface area contributed by atoms with E-state index in [9.17, 15) is 0 Å². The summed E-state index contributed by atoms with van der Waals surface area (Å²) in [5, 5.41) is 0. The zero-order valence-electron chi connectivity index (χ0n) is 14.8. The maximum atomic E-state index is 5.04. The lowest BCUT2D eigenvalue weighted by Crippen LogP contribution is -2.33. The Morgan fingerprint density at radius 3 is 2.62 bits per heavy atom. The number of aryl methyl sites for hydroxylation is 4. The minimum absolute atomic E-state index is 0.608. The van der Waals surface area contributed by atoms with Crippen molar-refractivity contribution in [3.63, 3.8) is 0 Å². The van der Waals surface area contributed by atoms with Gasteiger partial charge in [0.1, 0.15) is 5.82 Å². The number of hydrogen-bond acceptors (Lipinski definition) is 2. The largest absolute Gasteiger partial charge is 0.372 e. The fourth-order valence-corrected chi connectivity index (χ4v) is 3.84. The summed E-state index contributed by atoms with van der Waals surface area (Å²) < 4.78 is 2.27. The highest BCUT2D eigenvalue weighted by atomic mass is 15.1. The van der Waals surface area contributed by atoms with Crippen molar-refractivity contribution in [3.8, 4) is 0 Å². The molecule has 24 heavy (non-hydrogen) atoms. The van der Waals surface area contributed by atoms with Crippen molar-refractivity contribution in [1.29, 1.82) is 0 Å². The molecule has 0 radical (unpaired) electrons. The molecule has 4 rings (SSSR count). The summed E-state index contributed by atoms with van der Waals surface area (Å²) in [4.78, 5) is 7.44. The van der Waals surface area contributed by atoms with Gasteiger partial charge in [-0.25, -0.2) is 4.98 Å². The van der Waals surface area contributed by atoms with E-state index in [2.05, 4.69) is 73.0 Å². The van der Waals surface area contributed by atoms with E-state index >= 15 is 0 Å². The molecule has 1 aliphatic rings. The number of rotatable bonds is 3. The lowest BCUT2D eigenvalue weighted by molar-refractivity contribution is 0.600. The van der Waals surface area contributed by atoms with E-state index < -0.39 is 0 Å². The Bertz CT molecular complexity index is 864. The number of anilines is 1. The first-order valence-corrected chi connectivity index (χ1v) is 8.89. The van der Waals surface area contributed by atoms with E-state index in [0.29, 0.717) is 6.04 Å². The maximum absolute atomic E-state index is 5.04. The van der Waals surface area contributed by atoms with Gasteiger partial charge in [0, 0.05) is 37.8 Å². The number of nitrogens with zero attached hydrogens (tertiary/aromatic N) is 3. The van der Waals surface area contributed by atoms with Crippen LogP contribution < -0.4 is 4.90 Å². The van der Waals surface area contributed by atoms with Gasteiger partial charge < -0.3 is 9.47 Å². The predicted molar refractivity (Wildman–Crippen MR) is 101 cm³/mol. The molecule has 1 aromatic heterocycles. The Morgan fingerprint density at radius 2 is 1.83 bits per heavy atom. The van der Waals surface area contributed by atoms with Crippen molar-refractivity contribution in [3.05, 3.63) is 59.4 Å². The van der Waals surface area contributed by atoms with Gasteiger partial charge >= 0.3 is 0 Å². The summed E-state index contributed by atoms with van der Waals surface area (Å²) in [5.74, 6) is 1.18. The second kappa shape index (κ2) is 5.97. The van der Waals surface area contributed by atoms with Gasteiger partial charge in [0.25, 0.3) is 0 Å². The average Bonchev–Trinajstić information content (AvgIpc) is 2.93. The number of hydrogen-bond donors (Lipinski definition) is 0. The Hall–Kier alpha value is -2.29. The summed E-state index contributed by atoms with van der Waals surface area (Å²) in [6.07, 6.45) is 4.36. The molecule has 3 nitrogen and oxygen atoms in total. The van der Waals surface area contributed by atoms with E-state index in [1.54, 1.807) is 0 Å². The normalized spacial score (nSPS) is 17.3. The van der Waals surface area contributed by atoms with E-state index in [4.69, 9.17) is 4.98 Å². The lowest BCUT2D eigenvalue weighted by Gasteiger charge is -2.33. The van der Waals surface area contributed by atoms with Crippen LogP contribution in [0.4, 0.5) is 5.69 Å². The first kappa shape index (κ1) is 15.3. The van der Waals surface area contributed by atoms with Crippen LogP contribution in [0.1, 0.15) is 30.3 Å². The van der Waals surface area contributed by atoms with Crippen LogP contribution in [0, 0.1) is 0 Å². The summed E-state index contributed by atoms with van der Waals surface area (Å²) >= 11 is 0. The van der Waals surface area contributed by atoms with E-state index in [1.165, 1.54) is 40.1 Å². The Labute approximate surface area is 143 Å². The third-order valence-electron chi connectivity index (χ3n) is 5.56. The van der Waals surface area contributed by atoms with Crippen molar-refractivity contribution >= 4 is 16.7 Å². The van der Waals surface area contributed by atoms with Crippen LogP contribution in [0.5, 0.6) is 0 Å². The summed E-state index contributed by atoms with van der Waals surface area (Å²) in [6.45, 7) is 2.30. The molecule has 124 valence electrons. The van der Waals surface area contributed by atoms with E-state index in [-0.39, 0.29) is 0 Å². The van der Waals surface area contributed by atoms with Crippen LogP contribution in [0.25, 0.3) is 11.0 Å². The molecular formula is C21H25N3. The molecule has 0 saturated heterocycles. The van der Waals surface area contributed by atoms with Crippen LogP contribution in [0.3, 0.4) is 0 Å². The molecule has 0 N–H and O–H groups in total. The molecule has 3 aromatic rings. The zero-order valence-corrected chi connectivity index (χ0v) is 14.8. The number of imidazole rings is 1. The van der Waals surface area contributed by atoms with Gasteiger partial charge in [0.05, 0.1) is 11.0 Å². The van der Waals surface area contributed by atoms with Gasteiger partial charge in [-0.3, -0.25) is 0 Å². The number of fused-ring (bicyclic) bond motifs is 3.